The van der Waals surface area contributed by atoms with Gasteiger partial charge < -0.3 is 14.9 Å². The SMILES string of the molecule is CC(C)(C)C(O)(CCc1ccc(Cl)cc1)Cn1cncn1.Fc1ccc(C2(Cn3cncn3)OC2c2ccccc2Cl)cc1.O=c1c2cc(F)ccc2nc(-n2cncn2)n1-c1ccc(Cl)cc1Cl.OC(Cc1ccc(Cl)cc1)(Cn1[nH]cnc1=S)C1(Cl)CC1. The Hall–Kier alpha value is -7.28. The van der Waals surface area contributed by atoms with Gasteiger partial charge in [0.25, 0.3) is 5.56 Å². The molecule has 0 amide bonds. The molecule has 1 aliphatic heterocycles. The van der Waals surface area contributed by atoms with E-state index in [9.17, 15) is 23.8 Å². The van der Waals surface area contributed by atoms with Crippen LogP contribution in [0, 0.1) is 21.8 Å². The molecule has 466 valence electrons. The van der Waals surface area contributed by atoms with Gasteiger partial charge in [0.2, 0.25) is 10.7 Å². The number of rotatable bonds is 16. The Morgan fingerprint density at radius 2 is 1.33 bits per heavy atom. The molecule has 2 fully saturated rings. The van der Waals surface area contributed by atoms with Crippen molar-refractivity contribution in [1.29, 1.82) is 0 Å². The molecule has 90 heavy (non-hydrogen) atoms. The molecule has 18 nitrogen and oxygen atoms in total. The topological polar surface area (TPSA) is 214 Å². The molecule has 2 aliphatic rings. The van der Waals surface area contributed by atoms with E-state index in [1.807, 2.05) is 93.6 Å². The van der Waals surface area contributed by atoms with Crippen LogP contribution in [0.4, 0.5) is 8.78 Å². The second-order valence-electron chi connectivity index (χ2n) is 22.7. The second kappa shape index (κ2) is 27.7. The van der Waals surface area contributed by atoms with E-state index >= 15 is 0 Å². The molecule has 13 rings (SSSR count). The third kappa shape index (κ3) is 15.4. The van der Waals surface area contributed by atoms with Crippen molar-refractivity contribution in [2.75, 3.05) is 0 Å². The summed E-state index contributed by atoms with van der Waals surface area (Å²) >= 11 is 42.0. The number of hydrogen-bond donors (Lipinski definition) is 3. The van der Waals surface area contributed by atoms with Crippen LogP contribution in [0.5, 0.6) is 0 Å². The number of halogens is 8. The van der Waals surface area contributed by atoms with Crippen molar-refractivity contribution in [1.82, 2.24) is 68.6 Å². The van der Waals surface area contributed by atoms with Gasteiger partial charge in [0.05, 0.1) is 51.7 Å². The van der Waals surface area contributed by atoms with E-state index in [1.54, 1.807) is 51.0 Å². The smallest absolute Gasteiger partial charge is 0.267 e. The highest BCUT2D eigenvalue weighted by molar-refractivity contribution is 7.71. The second-order valence-corrected chi connectivity index (χ2v) is 25.9. The van der Waals surface area contributed by atoms with Crippen LogP contribution in [0.3, 0.4) is 0 Å². The zero-order valence-electron chi connectivity index (χ0n) is 48.4. The summed E-state index contributed by atoms with van der Waals surface area (Å²) in [7, 11) is 0. The summed E-state index contributed by atoms with van der Waals surface area (Å²) in [5.41, 5.74) is 1.32. The molecule has 6 aromatic carbocycles. The fourth-order valence-corrected chi connectivity index (χ4v) is 11.6. The van der Waals surface area contributed by atoms with Gasteiger partial charge in [-0.25, -0.2) is 42.9 Å². The summed E-state index contributed by atoms with van der Waals surface area (Å²) < 4.78 is 41.0. The van der Waals surface area contributed by atoms with E-state index in [1.165, 1.54) is 76.8 Å². The van der Waals surface area contributed by atoms with Crippen molar-refractivity contribution >= 4 is 92.7 Å². The Bertz CT molecular complexity index is 4330. The summed E-state index contributed by atoms with van der Waals surface area (Å²) in [4.78, 5) is 32.6. The molecule has 4 unspecified atom stereocenters. The molecule has 0 bridgehead atoms. The Balaban J connectivity index is 0.000000132. The predicted molar refractivity (Wildman–Crippen MR) is 345 cm³/mol. The van der Waals surface area contributed by atoms with Crippen LogP contribution < -0.4 is 5.56 Å². The standard InChI is InChI=1S/C17H13ClFN3O.C16H8Cl2FN5O.C16H22ClN3O.C14H15Cl2N3OS/c18-15-4-2-1-3-14(15)16-17(23-16,9-22-11-20-10-21-22)12-5-7-13(19)8-6-12;17-9-1-4-14(12(18)5-9)24-15(25)11-6-10(19)2-3-13(11)22-16(24)23-8-20-7-21-23;1-15(2,3)16(21,10-20-12-18-11-19-20)9-8-13-4-6-14(17)7-5-13;15-11-3-1-10(2-4-11)7-14(20,13(16)5-6-13)8-19-12(21)17-9-18-19/h1-8,10-11,16H,9H2;1-8H;4-7,11-12,21H,8-10H2,1-3H3;1-4,9,20H,5-8H2,(H,17,18,21). The maximum Gasteiger partial charge on any atom is 0.267 e. The van der Waals surface area contributed by atoms with Crippen molar-refractivity contribution in [2.24, 2.45) is 5.41 Å². The molecular weight excluding hydrogens is 1300 g/mol. The molecule has 1 saturated heterocycles. The number of alkyl halides is 1. The van der Waals surface area contributed by atoms with Crippen LogP contribution in [0.2, 0.25) is 25.1 Å². The molecule has 3 N–H and O–H groups in total. The van der Waals surface area contributed by atoms with Gasteiger partial charge in [-0.05, 0) is 139 Å². The molecular formula is C63H58Cl6F2N14O4S. The number of H-pyrrole nitrogens is 1. The average molecular weight is 1360 g/mol. The van der Waals surface area contributed by atoms with Crippen molar-refractivity contribution in [3.05, 3.63) is 252 Å². The average Bonchev–Trinajstić information content (AvgIpc) is 1.54. The van der Waals surface area contributed by atoms with Crippen LogP contribution in [-0.2, 0) is 42.8 Å². The number of fused-ring (bicyclic) bond motifs is 1. The summed E-state index contributed by atoms with van der Waals surface area (Å²) in [6.07, 6.45) is 13.7. The van der Waals surface area contributed by atoms with Gasteiger partial charge in [-0.2, -0.15) is 20.0 Å². The van der Waals surface area contributed by atoms with E-state index in [-0.39, 0.29) is 40.2 Å². The summed E-state index contributed by atoms with van der Waals surface area (Å²) in [5.74, 6) is -0.640. The van der Waals surface area contributed by atoms with Crippen LogP contribution in [0.15, 0.2) is 183 Å². The van der Waals surface area contributed by atoms with E-state index in [0.717, 1.165) is 47.0 Å². The Labute approximate surface area is 550 Å². The number of aryl methyl sites for hydroxylation is 1. The monoisotopic (exact) mass is 1350 g/mol. The van der Waals surface area contributed by atoms with Crippen molar-refractivity contribution in [3.63, 3.8) is 0 Å². The van der Waals surface area contributed by atoms with Crippen molar-refractivity contribution < 1.29 is 23.7 Å². The molecule has 11 aromatic rings. The number of hydrogen-bond acceptors (Lipinski definition) is 13. The minimum atomic E-state index is -1.09. The van der Waals surface area contributed by atoms with Crippen LogP contribution in [0.25, 0.3) is 22.5 Å². The first-order valence-corrected chi connectivity index (χ1v) is 30.7. The normalized spacial score (nSPS) is 16.9. The number of aromatic amines is 1. The lowest BCUT2D eigenvalue weighted by Crippen LogP contribution is -2.47. The van der Waals surface area contributed by atoms with Crippen molar-refractivity contribution in [3.8, 4) is 11.6 Å². The fraction of sp³-hybridized carbons (Fsp3) is 0.270. The zero-order chi connectivity index (χ0) is 64.0. The Morgan fingerprint density at radius 3 is 1.92 bits per heavy atom. The zero-order valence-corrected chi connectivity index (χ0v) is 53.8. The number of benzene rings is 6. The number of nitrogens with one attached hydrogen (secondary N) is 1. The molecule has 5 aromatic heterocycles. The van der Waals surface area contributed by atoms with Gasteiger partial charge in [-0.3, -0.25) is 19.3 Å². The molecule has 27 heteroatoms. The quantitative estimate of drug-likeness (QED) is 0.0467. The Kier molecular flexibility index (Phi) is 20.2. The van der Waals surface area contributed by atoms with Gasteiger partial charge >= 0.3 is 0 Å². The van der Waals surface area contributed by atoms with E-state index < -0.39 is 33.1 Å². The number of nitrogens with zero attached hydrogens (tertiary/aromatic N) is 13. The van der Waals surface area contributed by atoms with Crippen LogP contribution in [0.1, 0.15) is 68.4 Å². The summed E-state index contributed by atoms with van der Waals surface area (Å²) in [5, 5.41) is 40.3. The maximum atomic E-state index is 13.6. The molecule has 4 atom stereocenters. The van der Waals surface area contributed by atoms with Crippen LogP contribution >= 0.6 is 81.8 Å². The van der Waals surface area contributed by atoms with Gasteiger partial charge in [0, 0.05) is 32.1 Å². The largest absolute Gasteiger partial charge is 0.387 e. The van der Waals surface area contributed by atoms with E-state index in [4.69, 9.17) is 86.6 Å². The summed E-state index contributed by atoms with van der Waals surface area (Å²) in [6, 6.07) is 37.6. The van der Waals surface area contributed by atoms with Gasteiger partial charge in [-0.15, -0.1) is 11.6 Å². The maximum absolute atomic E-state index is 13.6. The number of aliphatic hydroxyl groups is 2. The predicted octanol–water partition coefficient (Wildman–Crippen LogP) is 13.8. The first-order valence-electron chi connectivity index (χ1n) is 28.0. The van der Waals surface area contributed by atoms with E-state index in [2.05, 4.69) is 45.3 Å². The van der Waals surface area contributed by atoms with Crippen LogP contribution in [-0.4, -0.2) is 94.9 Å². The first-order chi connectivity index (χ1) is 42.9. The lowest BCUT2D eigenvalue weighted by atomic mass is 9.73. The van der Waals surface area contributed by atoms with Gasteiger partial charge in [0.1, 0.15) is 73.2 Å². The molecule has 1 saturated carbocycles. The number of aromatic nitrogens is 14. The fourth-order valence-electron chi connectivity index (χ4n) is 10.2. The van der Waals surface area contributed by atoms with E-state index in [0.29, 0.717) is 57.0 Å². The third-order valence-electron chi connectivity index (χ3n) is 15.7. The van der Waals surface area contributed by atoms with Gasteiger partial charge in [0.15, 0.2) is 0 Å². The van der Waals surface area contributed by atoms with Crippen molar-refractivity contribution in [2.45, 2.75) is 100 Å². The highest BCUT2D eigenvalue weighted by Crippen LogP contribution is 2.59. The lowest BCUT2D eigenvalue weighted by molar-refractivity contribution is -0.0796. The van der Waals surface area contributed by atoms with Gasteiger partial charge in [-0.1, -0.05) is 133 Å². The number of ether oxygens (including phenoxy) is 1. The third-order valence-corrected chi connectivity index (χ3v) is 18.1. The summed E-state index contributed by atoms with van der Waals surface area (Å²) in [6.45, 7) is 7.35. The highest BCUT2D eigenvalue weighted by atomic mass is 35.5. The molecule has 0 radical (unpaired) electrons. The minimum Gasteiger partial charge on any atom is -0.387 e. The lowest BCUT2D eigenvalue weighted by Gasteiger charge is -2.40. The highest BCUT2D eigenvalue weighted by Gasteiger charge is 2.60. The molecule has 6 heterocycles. The number of epoxide rings is 1. The first kappa shape index (κ1) is 65.7. The minimum absolute atomic E-state index is 0.120. The molecule has 1 aliphatic carbocycles. The molecule has 0 spiro atoms. The Morgan fingerprint density at radius 1 is 0.711 bits per heavy atom.